The fourth-order valence-corrected chi connectivity index (χ4v) is 2.66. The van der Waals surface area contributed by atoms with Crippen LogP contribution in [0.15, 0.2) is 39.5 Å². The fraction of sp³-hybridized carbons (Fsp3) is 0.214. The summed E-state index contributed by atoms with van der Waals surface area (Å²) in [5, 5.41) is 3.76. The van der Waals surface area contributed by atoms with Gasteiger partial charge in [0.25, 0.3) is 0 Å². The number of ether oxygens (including phenoxy) is 1. The molecule has 2 aromatic rings. The number of halogens is 1. The van der Waals surface area contributed by atoms with E-state index in [1.54, 1.807) is 6.07 Å². The van der Waals surface area contributed by atoms with Gasteiger partial charge < -0.3 is 4.74 Å². The number of hydrogen-bond acceptors (Lipinski definition) is 3. The van der Waals surface area contributed by atoms with Gasteiger partial charge in [-0.05, 0) is 52.0 Å². The lowest BCUT2D eigenvalue weighted by atomic mass is 10.1. The highest BCUT2D eigenvalue weighted by atomic mass is 79.9. The van der Waals surface area contributed by atoms with E-state index < -0.39 is 0 Å². The van der Waals surface area contributed by atoms with E-state index in [2.05, 4.69) is 22.9 Å². The van der Waals surface area contributed by atoms with E-state index in [1.807, 2.05) is 29.0 Å². The second-order valence-corrected chi connectivity index (χ2v) is 5.47. The minimum Gasteiger partial charge on any atom is -0.492 e. The van der Waals surface area contributed by atoms with Gasteiger partial charge in [-0.1, -0.05) is 6.92 Å². The van der Waals surface area contributed by atoms with E-state index in [1.165, 1.54) is 11.3 Å². The van der Waals surface area contributed by atoms with E-state index in [0.717, 1.165) is 22.2 Å². The van der Waals surface area contributed by atoms with Crippen molar-refractivity contribution < 1.29 is 9.53 Å². The maximum absolute atomic E-state index is 12.1. The molecule has 0 aliphatic carbocycles. The molecule has 0 aliphatic rings. The highest BCUT2D eigenvalue weighted by molar-refractivity contribution is 9.10. The molecular weight excluding hydrogens is 312 g/mol. The molecule has 0 N–H and O–H groups in total. The van der Waals surface area contributed by atoms with Crippen molar-refractivity contribution in [3.8, 4) is 5.75 Å². The third-order valence-corrected chi connectivity index (χ3v) is 3.74. The molecule has 0 saturated heterocycles. The van der Waals surface area contributed by atoms with Crippen LogP contribution in [0.2, 0.25) is 0 Å². The summed E-state index contributed by atoms with van der Waals surface area (Å²) in [4.78, 5) is 12.1. The number of hydrogen-bond donors (Lipinski definition) is 0. The highest BCUT2D eigenvalue weighted by Gasteiger charge is 2.11. The molecule has 1 aromatic heterocycles. The Morgan fingerprint density at radius 2 is 2.17 bits per heavy atom. The van der Waals surface area contributed by atoms with Gasteiger partial charge in [0.2, 0.25) is 0 Å². The third-order valence-electron chi connectivity index (χ3n) is 2.44. The minimum atomic E-state index is 0.0407. The van der Waals surface area contributed by atoms with Gasteiger partial charge in [-0.25, -0.2) is 0 Å². The lowest BCUT2D eigenvalue weighted by Crippen LogP contribution is -2.01. The molecule has 0 amide bonds. The number of carbonyl (C=O) groups is 1. The SMILES string of the molecule is CCCOc1ccc(C(=O)c2ccsc2)cc1Br. The Hall–Kier alpha value is -1.13. The first-order chi connectivity index (χ1) is 8.72. The summed E-state index contributed by atoms with van der Waals surface area (Å²) in [6, 6.07) is 7.28. The average Bonchev–Trinajstić information content (AvgIpc) is 2.90. The smallest absolute Gasteiger partial charge is 0.193 e. The van der Waals surface area contributed by atoms with Gasteiger partial charge in [0.1, 0.15) is 5.75 Å². The van der Waals surface area contributed by atoms with Gasteiger partial charge in [0.15, 0.2) is 5.78 Å². The second kappa shape index (κ2) is 6.16. The molecule has 18 heavy (non-hydrogen) atoms. The van der Waals surface area contributed by atoms with Crippen molar-refractivity contribution in [1.29, 1.82) is 0 Å². The van der Waals surface area contributed by atoms with Crippen LogP contribution in [0.5, 0.6) is 5.75 Å². The normalized spacial score (nSPS) is 10.3. The lowest BCUT2D eigenvalue weighted by Gasteiger charge is -2.08. The second-order valence-electron chi connectivity index (χ2n) is 3.83. The number of benzene rings is 1. The van der Waals surface area contributed by atoms with Crippen molar-refractivity contribution in [2.75, 3.05) is 6.61 Å². The van der Waals surface area contributed by atoms with Gasteiger partial charge in [-0.15, -0.1) is 0 Å². The van der Waals surface area contributed by atoms with Crippen LogP contribution in [0.25, 0.3) is 0 Å². The van der Waals surface area contributed by atoms with Crippen molar-refractivity contribution in [1.82, 2.24) is 0 Å². The molecule has 1 heterocycles. The molecular formula is C14H13BrO2S. The van der Waals surface area contributed by atoms with Crippen LogP contribution in [0.4, 0.5) is 0 Å². The van der Waals surface area contributed by atoms with Crippen LogP contribution >= 0.6 is 27.3 Å². The van der Waals surface area contributed by atoms with Gasteiger partial charge in [0, 0.05) is 16.5 Å². The van der Waals surface area contributed by atoms with Gasteiger partial charge in [0.05, 0.1) is 11.1 Å². The molecule has 0 unspecified atom stereocenters. The summed E-state index contributed by atoms with van der Waals surface area (Å²) >= 11 is 4.96. The Morgan fingerprint density at radius 3 is 2.78 bits per heavy atom. The first kappa shape index (κ1) is 13.3. The molecule has 94 valence electrons. The maximum atomic E-state index is 12.1. The van der Waals surface area contributed by atoms with E-state index in [0.29, 0.717) is 12.2 Å². The molecule has 1 aromatic carbocycles. The zero-order valence-corrected chi connectivity index (χ0v) is 12.4. The zero-order chi connectivity index (χ0) is 13.0. The molecule has 0 atom stereocenters. The summed E-state index contributed by atoms with van der Waals surface area (Å²) in [6.07, 6.45) is 0.960. The quantitative estimate of drug-likeness (QED) is 0.755. The molecule has 0 bridgehead atoms. The maximum Gasteiger partial charge on any atom is 0.193 e. The van der Waals surface area contributed by atoms with Crippen LogP contribution in [0.1, 0.15) is 29.3 Å². The Balaban J connectivity index is 2.21. The highest BCUT2D eigenvalue weighted by Crippen LogP contribution is 2.27. The Morgan fingerprint density at radius 1 is 1.33 bits per heavy atom. The molecule has 2 rings (SSSR count). The molecule has 0 fully saturated rings. The van der Waals surface area contributed by atoms with E-state index in [-0.39, 0.29) is 5.78 Å². The van der Waals surface area contributed by atoms with Crippen LogP contribution in [0, 0.1) is 0 Å². The average molecular weight is 325 g/mol. The molecule has 2 nitrogen and oxygen atoms in total. The van der Waals surface area contributed by atoms with Crippen LogP contribution in [-0.4, -0.2) is 12.4 Å². The van der Waals surface area contributed by atoms with Crippen molar-refractivity contribution in [3.63, 3.8) is 0 Å². The van der Waals surface area contributed by atoms with Gasteiger partial charge in [-0.3, -0.25) is 4.79 Å². The molecule has 0 saturated carbocycles. The predicted octanol–water partition coefficient (Wildman–Crippen LogP) is 4.53. The summed E-state index contributed by atoms with van der Waals surface area (Å²) in [5.41, 5.74) is 1.40. The Labute approximate surface area is 119 Å². The molecule has 4 heteroatoms. The van der Waals surface area contributed by atoms with E-state index in [9.17, 15) is 4.79 Å². The number of carbonyl (C=O) groups excluding carboxylic acids is 1. The van der Waals surface area contributed by atoms with E-state index in [4.69, 9.17) is 4.74 Å². The fourth-order valence-electron chi connectivity index (χ4n) is 1.53. The van der Waals surface area contributed by atoms with Crippen molar-refractivity contribution in [3.05, 3.63) is 50.6 Å². The predicted molar refractivity (Wildman–Crippen MR) is 77.7 cm³/mol. The van der Waals surface area contributed by atoms with Crippen LogP contribution in [-0.2, 0) is 0 Å². The zero-order valence-electron chi connectivity index (χ0n) is 9.98. The summed E-state index contributed by atoms with van der Waals surface area (Å²) < 4.78 is 6.37. The van der Waals surface area contributed by atoms with Crippen molar-refractivity contribution >= 4 is 33.0 Å². The molecule has 0 aliphatic heterocycles. The number of thiophene rings is 1. The summed E-state index contributed by atoms with van der Waals surface area (Å²) in [5.74, 6) is 0.817. The van der Waals surface area contributed by atoms with Crippen molar-refractivity contribution in [2.24, 2.45) is 0 Å². The lowest BCUT2D eigenvalue weighted by molar-refractivity contribution is 0.103. The summed E-state index contributed by atoms with van der Waals surface area (Å²) in [7, 11) is 0. The monoisotopic (exact) mass is 324 g/mol. The number of rotatable bonds is 5. The first-order valence-electron chi connectivity index (χ1n) is 5.71. The third kappa shape index (κ3) is 3.00. The molecule has 0 radical (unpaired) electrons. The van der Waals surface area contributed by atoms with Crippen LogP contribution in [0.3, 0.4) is 0 Å². The molecule has 0 spiro atoms. The Bertz CT molecular complexity index is 535. The minimum absolute atomic E-state index is 0.0407. The number of ketones is 1. The van der Waals surface area contributed by atoms with E-state index >= 15 is 0 Å². The van der Waals surface area contributed by atoms with Gasteiger partial charge >= 0.3 is 0 Å². The van der Waals surface area contributed by atoms with Gasteiger partial charge in [-0.2, -0.15) is 11.3 Å². The first-order valence-corrected chi connectivity index (χ1v) is 7.45. The van der Waals surface area contributed by atoms with Crippen molar-refractivity contribution in [2.45, 2.75) is 13.3 Å². The summed E-state index contributed by atoms with van der Waals surface area (Å²) in [6.45, 7) is 2.73. The standard InChI is InChI=1S/C14H13BrO2S/c1-2-6-17-13-4-3-10(8-12(13)15)14(16)11-5-7-18-9-11/h3-5,7-9H,2,6H2,1H3. The van der Waals surface area contributed by atoms with Crippen LogP contribution < -0.4 is 4.74 Å². The largest absolute Gasteiger partial charge is 0.492 e. The topological polar surface area (TPSA) is 26.3 Å². The Kier molecular flexibility index (Phi) is 4.55.